The highest BCUT2D eigenvalue weighted by Crippen LogP contribution is 2.32. The summed E-state index contributed by atoms with van der Waals surface area (Å²) in [6.07, 6.45) is -0.00174. The van der Waals surface area contributed by atoms with E-state index in [1.807, 2.05) is 0 Å². The number of amides is 1. The first-order valence-corrected chi connectivity index (χ1v) is 11.4. The van der Waals surface area contributed by atoms with Crippen LogP contribution < -0.4 is 10.1 Å². The Labute approximate surface area is 199 Å². The van der Waals surface area contributed by atoms with Crippen molar-refractivity contribution >= 4 is 11.8 Å². The van der Waals surface area contributed by atoms with Gasteiger partial charge in [-0.25, -0.2) is 4.79 Å². The quantitative estimate of drug-likeness (QED) is 0.371. The van der Waals surface area contributed by atoms with Crippen molar-refractivity contribution in [3.63, 3.8) is 0 Å². The Morgan fingerprint density at radius 2 is 1.89 bits per heavy atom. The van der Waals surface area contributed by atoms with Crippen molar-refractivity contribution in [2.75, 3.05) is 11.9 Å². The largest absolute Gasteiger partial charge is 0.465 e. The van der Waals surface area contributed by atoms with Crippen molar-refractivity contribution in [1.29, 1.82) is 0 Å². The van der Waals surface area contributed by atoms with Gasteiger partial charge >= 0.3 is 18.9 Å². The van der Waals surface area contributed by atoms with E-state index in [1.54, 1.807) is 6.92 Å². The molecule has 194 valence electrons. The molecule has 1 aliphatic carbocycles. The lowest BCUT2D eigenvalue weighted by Gasteiger charge is -2.36. The molecule has 1 aromatic carbocycles. The Balaban J connectivity index is 1.72. The number of aromatic nitrogens is 2. The van der Waals surface area contributed by atoms with Gasteiger partial charge in [0.05, 0.1) is 12.6 Å². The minimum Gasteiger partial charge on any atom is -0.465 e. The van der Waals surface area contributed by atoms with Crippen molar-refractivity contribution in [3.05, 3.63) is 42.2 Å². The van der Waals surface area contributed by atoms with Gasteiger partial charge in [0.2, 0.25) is 0 Å². The second-order valence-electron chi connectivity index (χ2n) is 8.78. The average molecular weight is 505 g/mol. The SMILES string of the molecule is CC(CNc1ccc(OC(F)F)cc1)N(C(=O)O)C(CC1CCCC1)Cn1ccc(C(F)(F)F)n1. The van der Waals surface area contributed by atoms with Gasteiger partial charge < -0.3 is 15.2 Å². The second kappa shape index (κ2) is 11.6. The van der Waals surface area contributed by atoms with E-state index in [0.29, 0.717) is 18.0 Å². The number of rotatable bonds is 11. The summed E-state index contributed by atoms with van der Waals surface area (Å²) in [4.78, 5) is 13.5. The molecule has 0 radical (unpaired) electrons. The molecular weight excluding hydrogens is 475 g/mol. The standard InChI is InChI=1S/C23H29F5N4O3/c1-15(13-29-17-6-8-19(9-7-17)35-21(24)25)32(22(33)34)18(12-16-4-2-3-5-16)14-31-11-10-20(30-31)23(26,27)28/h6-11,15-16,18,21,29H,2-5,12-14H2,1H3,(H,33,34). The van der Waals surface area contributed by atoms with Crippen LogP contribution in [0.15, 0.2) is 36.5 Å². The van der Waals surface area contributed by atoms with Crippen LogP contribution in [0.4, 0.5) is 32.4 Å². The number of nitrogens with zero attached hydrogens (tertiary/aromatic N) is 3. The number of anilines is 1. The number of alkyl halides is 5. The molecule has 1 aliphatic rings. The molecule has 1 fully saturated rings. The highest BCUT2D eigenvalue weighted by molar-refractivity contribution is 5.66. The van der Waals surface area contributed by atoms with Crippen LogP contribution in [-0.4, -0.2) is 51.1 Å². The van der Waals surface area contributed by atoms with Gasteiger partial charge in [0.1, 0.15) is 5.75 Å². The van der Waals surface area contributed by atoms with E-state index in [0.717, 1.165) is 36.4 Å². The van der Waals surface area contributed by atoms with Gasteiger partial charge in [0.15, 0.2) is 5.69 Å². The van der Waals surface area contributed by atoms with E-state index in [9.17, 15) is 31.9 Å². The zero-order chi connectivity index (χ0) is 25.6. The maximum Gasteiger partial charge on any atom is 0.435 e. The first-order valence-electron chi connectivity index (χ1n) is 11.4. The molecule has 12 heteroatoms. The van der Waals surface area contributed by atoms with E-state index in [2.05, 4.69) is 15.2 Å². The van der Waals surface area contributed by atoms with E-state index >= 15 is 0 Å². The minimum absolute atomic E-state index is 0.000151. The molecule has 35 heavy (non-hydrogen) atoms. The molecule has 0 spiro atoms. The lowest BCUT2D eigenvalue weighted by atomic mass is 9.96. The average Bonchev–Trinajstić information content (AvgIpc) is 3.45. The van der Waals surface area contributed by atoms with Gasteiger partial charge in [-0.15, -0.1) is 0 Å². The molecule has 2 atom stereocenters. The predicted octanol–water partition coefficient (Wildman–Crippen LogP) is 5.93. The molecule has 3 rings (SSSR count). The van der Waals surface area contributed by atoms with Crippen LogP contribution in [0.3, 0.4) is 0 Å². The van der Waals surface area contributed by atoms with Crippen LogP contribution in [-0.2, 0) is 12.7 Å². The number of benzene rings is 1. The Morgan fingerprint density at radius 3 is 2.43 bits per heavy atom. The third-order valence-corrected chi connectivity index (χ3v) is 6.18. The molecule has 0 bridgehead atoms. The first kappa shape index (κ1) is 26.6. The summed E-state index contributed by atoms with van der Waals surface area (Å²) >= 11 is 0. The molecule has 2 aromatic rings. The Kier molecular flexibility index (Phi) is 8.79. The van der Waals surface area contributed by atoms with Gasteiger partial charge in [0.25, 0.3) is 0 Å². The number of hydrogen-bond acceptors (Lipinski definition) is 4. The summed E-state index contributed by atoms with van der Waals surface area (Å²) in [6.45, 7) is -1.02. The zero-order valence-electron chi connectivity index (χ0n) is 19.2. The summed E-state index contributed by atoms with van der Waals surface area (Å²) in [7, 11) is 0. The summed E-state index contributed by atoms with van der Waals surface area (Å²) in [5, 5.41) is 16.7. The fourth-order valence-corrected chi connectivity index (χ4v) is 4.56. The summed E-state index contributed by atoms with van der Waals surface area (Å²) in [5.41, 5.74) is -0.439. The summed E-state index contributed by atoms with van der Waals surface area (Å²) < 4.78 is 69.1. The lowest BCUT2D eigenvalue weighted by molar-refractivity contribution is -0.141. The van der Waals surface area contributed by atoms with Crippen LogP contribution in [0.1, 0.15) is 44.7 Å². The molecule has 0 aliphatic heterocycles. The first-order chi connectivity index (χ1) is 16.5. The van der Waals surface area contributed by atoms with Gasteiger partial charge in [-0.05, 0) is 49.6 Å². The van der Waals surface area contributed by atoms with Crippen LogP contribution in [0, 0.1) is 5.92 Å². The van der Waals surface area contributed by atoms with Crippen LogP contribution >= 0.6 is 0 Å². The van der Waals surface area contributed by atoms with Gasteiger partial charge in [-0.1, -0.05) is 25.7 Å². The molecule has 1 saturated carbocycles. The van der Waals surface area contributed by atoms with E-state index in [-0.39, 0.29) is 18.8 Å². The van der Waals surface area contributed by atoms with Crippen molar-refractivity contribution in [2.45, 2.75) is 70.4 Å². The highest BCUT2D eigenvalue weighted by Gasteiger charge is 2.35. The van der Waals surface area contributed by atoms with Gasteiger partial charge in [-0.3, -0.25) is 9.58 Å². The third-order valence-electron chi connectivity index (χ3n) is 6.18. The Hall–Kier alpha value is -3.05. The Morgan fingerprint density at radius 1 is 1.23 bits per heavy atom. The Bertz CT molecular complexity index is 945. The fraction of sp³-hybridized carbons (Fsp3) is 0.565. The molecule has 2 unspecified atom stereocenters. The maximum atomic E-state index is 13.0. The van der Waals surface area contributed by atoms with Crippen LogP contribution in [0.5, 0.6) is 5.75 Å². The van der Waals surface area contributed by atoms with E-state index < -0.39 is 36.7 Å². The fourth-order valence-electron chi connectivity index (χ4n) is 4.56. The van der Waals surface area contributed by atoms with Gasteiger partial charge in [0, 0.05) is 24.5 Å². The number of halogens is 5. The summed E-state index contributed by atoms with van der Waals surface area (Å²) in [5.74, 6) is 0.293. The predicted molar refractivity (Wildman–Crippen MR) is 118 cm³/mol. The number of carbonyl (C=O) groups is 1. The van der Waals surface area contributed by atoms with E-state index in [4.69, 9.17) is 0 Å². The zero-order valence-corrected chi connectivity index (χ0v) is 19.2. The number of hydrogen-bond donors (Lipinski definition) is 2. The highest BCUT2D eigenvalue weighted by atomic mass is 19.4. The molecular formula is C23H29F5N4O3. The van der Waals surface area contributed by atoms with Crippen molar-refractivity contribution in [2.24, 2.45) is 5.92 Å². The number of nitrogens with one attached hydrogen (secondary N) is 1. The molecule has 1 amide bonds. The normalized spacial score (nSPS) is 16.3. The topological polar surface area (TPSA) is 79.6 Å². The third kappa shape index (κ3) is 7.72. The minimum atomic E-state index is -4.58. The monoisotopic (exact) mass is 504 g/mol. The summed E-state index contributed by atoms with van der Waals surface area (Å²) in [6, 6.07) is 5.58. The number of carboxylic acid groups (broad SMARTS) is 1. The molecule has 2 N–H and O–H groups in total. The van der Waals surface area contributed by atoms with Crippen molar-refractivity contribution in [1.82, 2.24) is 14.7 Å². The second-order valence-corrected chi connectivity index (χ2v) is 8.78. The van der Waals surface area contributed by atoms with Crippen molar-refractivity contribution in [3.8, 4) is 5.75 Å². The van der Waals surface area contributed by atoms with Crippen LogP contribution in [0.25, 0.3) is 0 Å². The van der Waals surface area contributed by atoms with Crippen molar-refractivity contribution < 1.29 is 36.6 Å². The number of ether oxygens (including phenoxy) is 1. The molecule has 7 nitrogen and oxygen atoms in total. The molecule has 0 saturated heterocycles. The molecule has 1 heterocycles. The van der Waals surface area contributed by atoms with E-state index in [1.165, 1.54) is 35.4 Å². The molecule has 1 aromatic heterocycles. The maximum absolute atomic E-state index is 13.0. The van der Waals surface area contributed by atoms with Gasteiger partial charge in [-0.2, -0.15) is 27.1 Å². The van der Waals surface area contributed by atoms with Crippen LogP contribution in [0.2, 0.25) is 0 Å². The lowest BCUT2D eigenvalue weighted by Crippen LogP contribution is -2.50. The smallest absolute Gasteiger partial charge is 0.435 e.